The molecule has 5 nitrogen and oxygen atoms in total. The zero-order chi connectivity index (χ0) is 10.5. The predicted octanol–water partition coefficient (Wildman–Crippen LogP) is -1.16. The van der Waals surface area contributed by atoms with E-state index in [4.69, 9.17) is 5.73 Å². The Bertz CT molecular complexity index is 261. The highest BCUT2D eigenvalue weighted by atomic mass is 32.2. The number of hydrogen-bond acceptors (Lipinski definition) is 4. The summed E-state index contributed by atoms with van der Waals surface area (Å²) < 4.78 is 21.5. The van der Waals surface area contributed by atoms with Gasteiger partial charge in [0.2, 0.25) is 5.91 Å². The number of rotatable bonds is 5. The molecule has 0 saturated carbocycles. The number of sulfone groups is 1. The third-order valence-electron chi connectivity index (χ3n) is 1.58. The van der Waals surface area contributed by atoms with Crippen molar-refractivity contribution in [1.82, 2.24) is 4.90 Å². The van der Waals surface area contributed by atoms with Gasteiger partial charge >= 0.3 is 0 Å². The largest absolute Gasteiger partial charge is 0.345 e. The SMILES string of the molecule is CN(CCS(C)(=O)=O)C(=O)CCN. The molecule has 0 spiro atoms. The van der Waals surface area contributed by atoms with Gasteiger partial charge in [-0.2, -0.15) is 0 Å². The molecule has 0 fully saturated rings. The van der Waals surface area contributed by atoms with Crippen LogP contribution in [0.5, 0.6) is 0 Å². The maximum atomic E-state index is 11.1. The number of carbonyl (C=O) groups is 1. The molecule has 0 aliphatic rings. The van der Waals surface area contributed by atoms with Gasteiger partial charge in [-0.3, -0.25) is 4.79 Å². The van der Waals surface area contributed by atoms with Crippen molar-refractivity contribution in [3.63, 3.8) is 0 Å². The molecule has 0 unspecified atom stereocenters. The molecule has 0 aliphatic carbocycles. The van der Waals surface area contributed by atoms with Crippen LogP contribution in [0.15, 0.2) is 0 Å². The number of nitrogens with zero attached hydrogens (tertiary/aromatic N) is 1. The van der Waals surface area contributed by atoms with E-state index in [1.807, 2.05) is 0 Å². The number of carbonyl (C=O) groups excluding carboxylic acids is 1. The van der Waals surface area contributed by atoms with Gasteiger partial charge in [0.1, 0.15) is 9.84 Å². The molecule has 0 heterocycles. The first-order valence-corrected chi connectivity index (χ1v) is 6.04. The number of amides is 1. The van der Waals surface area contributed by atoms with Crippen molar-refractivity contribution in [1.29, 1.82) is 0 Å². The second-order valence-electron chi connectivity index (χ2n) is 2.98. The highest BCUT2D eigenvalue weighted by Gasteiger charge is 2.10. The molecular weight excluding hydrogens is 192 g/mol. The first kappa shape index (κ1) is 12.4. The zero-order valence-corrected chi connectivity index (χ0v) is 8.80. The Balaban J connectivity index is 3.88. The molecule has 0 bridgehead atoms. The molecule has 78 valence electrons. The summed E-state index contributed by atoms with van der Waals surface area (Å²) >= 11 is 0. The highest BCUT2D eigenvalue weighted by molar-refractivity contribution is 7.90. The van der Waals surface area contributed by atoms with Crippen LogP contribution in [0.4, 0.5) is 0 Å². The second kappa shape index (κ2) is 5.18. The van der Waals surface area contributed by atoms with Crippen LogP contribution in [-0.4, -0.2) is 51.4 Å². The van der Waals surface area contributed by atoms with Gasteiger partial charge in [0.05, 0.1) is 5.75 Å². The molecule has 6 heteroatoms. The maximum absolute atomic E-state index is 11.1. The Morgan fingerprint density at radius 3 is 2.38 bits per heavy atom. The topological polar surface area (TPSA) is 80.5 Å². The summed E-state index contributed by atoms with van der Waals surface area (Å²) in [5.74, 6) is -0.119. The molecule has 0 atom stereocenters. The highest BCUT2D eigenvalue weighted by Crippen LogP contribution is 1.91. The average molecular weight is 208 g/mol. The van der Waals surface area contributed by atoms with E-state index in [2.05, 4.69) is 0 Å². The van der Waals surface area contributed by atoms with Gasteiger partial charge in [0.25, 0.3) is 0 Å². The predicted molar refractivity (Wildman–Crippen MR) is 51.0 cm³/mol. The van der Waals surface area contributed by atoms with Crippen LogP contribution in [0.25, 0.3) is 0 Å². The minimum Gasteiger partial charge on any atom is -0.345 e. The van der Waals surface area contributed by atoms with Crippen LogP contribution in [0.3, 0.4) is 0 Å². The number of hydrogen-bond donors (Lipinski definition) is 1. The van der Waals surface area contributed by atoms with E-state index in [1.54, 1.807) is 7.05 Å². The lowest BCUT2D eigenvalue weighted by Crippen LogP contribution is -2.32. The molecule has 0 aromatic rings. The summed E-state index contributed by atoms with van der Waals surface area (Å²) in [4.78, 5) is 12.5. The summed E-state index contributed by atoms with van der Waals surface area (Å²) in [5.41, 5.74) is 5.18. The molecule has 0 radical (unpaired) electrons. The molecule has 13 heavy (non-hydrogen) atoms. The van der Waals surface area contributed by atoms with Crippen molar-refractivity contribution in [3.05, 3.63) is 0 Å². The van der Waals surface area contributed by atoms with Crippen molar-refractivity contribution in [2.75, 3.05) is 32.1 Å². The van der Waals surface area contributed by atoms with E-state index in [0.717, 1.165) is 6.26 Å². The van der Waals surface area contributed by atoms with Crippen molar-refractivity contribution >= 4 is 15.7 Å². The van der Waals surface area contributed by atoms with Gasteiger partial charge in [0, 0.05) is 32.8 Å². The van der Waals surface area contributed by atoms with Crippen LogP contribution in [0.1, 0.15) is 6.42 Å². The van der Waals surface area contributed by atoms with Crippen LogP contribution >= 0.6 is 0 Å². The van der Waals surface area contributed by atoms with Crippen LogP contribution in [-0.2, 0) is 14.6 Å². The van der Waals surface area contributed by atoms with E-state index in [1.165, 1.54) is 4.90 Å². The minimum atomic E-state index is -2.99. The van der Waals surface area contributed by atoms with Gasteiger partial charge in [0.15, 0.2) is 0 Å². The van der Waals surface area contributed by atoms with E-state index < -0.39 is 9.84 Å². The quantitative estimate of drug-likeness (QED) is 0.618. The lowest BCUT2D eigenvalue weighted by atomic mass is 10.4. The molecule has 0 aromatic carbocycles. The van der Waals surface area contributed by atoms with Crippen molar-refractivity contribution in [2.45, 2.75) is 6.42 Å². The normalized spacial score (nSPS) is 11.3. The van der Waals surface area contributed by atoms with Crippen molar-refractivity contribution in [3.8, 4) is 0 Å². The summed E-state index contributed by atoms with van der Waals surface area (Å²) in [6.45, 7) is 0.527. The Labute approximate surface area is 78.8 Å². The standard InChI is InChI=1S/C7H16N2O3S/c1-9(7(10)3-4-8)5-6-13(2,11)12/h3-6,8H2,1-2H3. The lowest BCUT2D eigenvalue weighted by Gasteiger charge is -2.15. The summed E-state index contributed by atoms with van der Waals surface area (Å²) in [5, 5.41) is 0. The molecule has 0 saturated heterocycles. The Morgan fingerprint density at radius 1 is 1.46 bits per heavy atom. The molecular formula is C7H16N2O3S. The van der Waals surface area contributed by atoms with Gasteiger partial charge in [-0.1, -0.05) is 0 Å². The Kier molecular flexibility index (Phi) is 4.94. The zero-order valence-electron chi connectivity index (χ0n) is 7.99. The van der Waals surface area contributed by atoms with Gasteiger partial charge in [-0.05, 0) is 0 Å². The molecule has 2 N–H and O–H groups in total. The van der Waals surface area contributed by atoms with Crippen LogP contribution in [0, 0.1) is 0 Å². The third kappa shape index (κ3) is 6.53. The van der Waals surface area contributed by atoms with Crippen LogP contribution < -0.4 is 5.73 Å². The average Bonchev–Trinajstić information content (AvgIpc) is 1.99. The first-order valence-electron chi connectivity index (χ1n) is 3.98. The van der Waals surface area contributed by atoms with E-state index in [-0.39, 0.29) is 24.6 Å². The third-order valence-corrected chi connectivity index (χ3v) is 2.51. The van der Waals surface area contributed by atoms with E-state index in [0.29, 0.717) is 6.54 Å². The van der Waals surface area contributed by atoms with E-state index in [9.17, 15) is 13.2 Å². The minimum absolute atomic E-state index is 0.000187. The van der Waals surface area contributed by atoms with Gasteiger partial charge in [-0.15, -0.1) is 0 Å². The van der Waals surface area contributed by atoms with Crippen molar-refractivity contribution in [2.24, 2.45) is 5.73 Å². The maximum Gasteiger partial charge on any atom is 0.223 e. The first-order chi connectivity index (χ1) is 5.87. The Morgan fingerprint density at radius 2 is 2.00 bits per heavy atom. The monoisotopic (exact) mass is 208 g/mol. The molecule has 0 aromatic heterocycles. The molecule has 0 rings (SSSR count). The smallest absolute Gasteiger partial charge is 0.223 e. The summed E-state index contributed by atoms with van der Waals surface area (Å²) in [6, 6.07) is 0. The summed E-state index contributed by atoms with van der Waals surface area (Å²) in [6.07, 6.45) is 1.41. The van der Waals surface area contributed by atoms with Gasteiger partial charge < -0.3 is 10.6 Å². The summed E-state index contributed by atoms with van der Waals surface area (Å²) in [7, 11) is -1.42. The molecule has 1 amide bonds. The van der Waals surface area contributed by atoms with Crippen LogP contribution in [0.2, 0.25) is 0 Å². The fourth-order valence-corrected chi connectivity index (χ4v) is 1.35. The Hall–Kier alpha value is -0.620. The van der Waals surface area contributed by atoms with Crippen molar-refractivity contribution < 1.29 is 13.2 Å². The van der Waals surface area contributed by atoms with E-state index >= 15 is 0 Å². The lowest BCUT2D eigenvalue weighted by molar-refractivity contribution is -0.129. The fourth-order valence-electron chi connectivity index (χ4n) is 0.742. The second-order valence-corrected chi connectivity index (χ2v) is 5.24. The fraction of sp³-hybridized carbons (Fsp3) is 0.857. The van der Waals surface area contributed by atoms with Gasteiger partial charge in [-0.25, -0.2) is 8.42 Å². The molecule has 0 aliphatic heterocycles. The number of nitrogens with two attached hydrogens (primary N) is 1.